The molecule has 6 nitrogen and oxygen atoms in total. The van der Waals surface area contributed by atoms with E-state index in [0.29, 0.717) is 5.82 Å². The number of nitrogens with one attached hydrogen (secondary N) is 1. The Bertz CT molecular complexity index is 706. The van der Waals surface area contributed by atoms with Gasteiger partial charge in [-0.05, 0) is 43.0 Å². The number of rotatable bonds is 4. The van der Waals surface area contributed by atoms with Crippen molar-refractivity contribution >= 4 is 17.2 Å². The Labute approximate surface area is 144 Å². The lowest BCUT2D eigenvalue weighted by Crippen LogP contribution is -2.41. The van der Waals surface area contributed by atoms with Gasteiger partial charge in [-0.15, -0.1) is 21.5 Å². The maximum absolute atomic E-state index is 12.8. The van der Waals surface area contributed by atoms with Crippen LogP contribution in [0.15, 0.2) is 17.5 Å². The van der Waals surface area contributed by atoms with Crippen molar-refractivity contribution in [1.29, 1.82) is 0 Å². The van der Waals surface area contributed by atoms with Gasteiger partial charge in [0.15, 0.2) is 0 Å². The van der Waals surface area contributed by atoms with Crippen molar-refractivity contribution in [2.24, 2.45) is 5.92 Å². The minimum absolute atomic E-state index is 0.0559. The summed E-state index contributed by atoms with van der Waals surface area (Å²) in [5, 5.41) is 23.2. The van der Waals surface area contributed by atoms with Crippen molar-refractivity contribution in [3.05, 3.63) is 34.0 Å². The molecule has 0 bridgehead atoms. The molecular formula is C17H22N4O2S. The number of aryl methyl sites for hydroxylation is 1. The summed E-state index contributed by atoms with van der Waals surface area (Å²) in [7, 11) is 0. The molecule has 0 unspecified atom stereocenters. The number of fused-ring (bicyclic) bond motifs is 1. The topological polar surface area (TPSA) is 80.0 Å². The highest BCUT2D eigenvalue weighted by Gasteiger charge is 2.37. The molecule has 0 saturated heterocycles. The summed E-state index contributed by atoms with van der Waals surface area (Å²) in [6.07, 6.45) is 5.47. The SMILES string of the molecule is O=C(N[C@H](c1cccs1)C1CC(O)C1)c1nnc2n1CCCCC2. The van der Waals surface area contributed by atoms with Gasteiger partial charge in [0, 0.05) is 17.8 Å². The lowest BCUT2D eigenvalue weighted by atomic mass is 9.77. The van der Waals surface area contributed by atoms with Crippen LogP contribution < -0.4 is 5.32 Å². The molecule has 1 fully saturated rings. The summed E-state index contributed by atoms with van der Waals surface area (Å²) in [5.41, 5.74) is 0. The van der Waals surface area contributed by atoms with E-state index in [-0.39, 0.29) is 24.0 Å². The molecule has 0 spiro atoms. The number of aliphatic hydroxyl groups is 1. The molecule has 1 atom stereocenters. The molecule has 3 heterocycles. The second-order valence-corrected chi connectivity index (χ2v) is 7.73. The van der Waals surface area contributed by atoms with Crippen LogP contribution in [0.4, 0.5) is 0 Å². The van der Waals surface area contributed by atoms with Crippen LogP contribution in [-0.4, -0.2) is 31.9 Å². The summed E-state index contributed by atoms with van der Waals surface area (Å²) in [6.45, 7) is 0.816. The third-order valence-electron chi connectivity index (χ3n) is 5.07. The normalized spacial score (nSPS) is 24.5. The van der Waals surface area contributed by atoms with Crippen LogP contribution in [0.25, 0.3) is 0 Å². The Morgan fingerprint density at radius 1 is 1.33 bits per heavy atom. The zero-order valence-electron chi connectivity index (χ0n) is 13.5. The number of aromatic nitrogens is 3. The number of hydrogen-bond donors (Lipinski definition) is 2. The standard InChI is InChI=1S/C17H22N4O2S/c22-12-9-11(10-12)15(13-5-4-8-24-13)18-17(23)16-20-19-14-6-2-1-3-7-21(14)16/h4-5,8,11-12,15,22H,1-3,6-7,9-10H2,(H,18,23)/t11?,12?,15-/m0/s1. The first kappa shape index (κ1) is 15.8. The van der Waals surface area contributed by atoms with Crippen LogP contribution >= 0.6 is 11.3 Å². The van der Waals surface area contributed by atoms with Gasteiger partial charge in [-0.3, -0.25) is 4.79 Å². The molecule has 0 radical (unpaired) electrons. The van der Waals surface area contributed by atoms with Gasteiger partial charge in [-0.25, -0.2) is 0 Å². The van der Waals surface area contributed by atoms with E-state index < -0.39 is 0 Å². The van der Waals surface area contributed by atoms with Gasteiger partial charge in [0.25, 0.3) is 5.91 Å². The first-order valence-electron chi connectivity index (χ1n) is 8.67. The molecule has 1 aliphatic carbocycles. The summed E-state index contributed by atoms with van der Waals surface area (Å²) in [4.78, 5) is 14.0. The van der Waals surface area contributed by atoms with Gasteiger partial charge in [0.05, 0.1) is 12.1 Å². The Kier molecular flexibility index (Phi) is 4.37. The smallest absolute Gasteiger partial charge is 0.289 e. The van der Waals surface area contributed by atoms with Crippen LogP contribution in [0.2, 0.25) is 0 Å². The third-order valence-corrected chi connectivity index (χ3v) is 6.03. The molecule has 24 heavy (non-hydrogen) atoms. The Morgan fingerprint density at radius 2 is 2.21 bits per heavy atom. The Balaban J connectivity index is 1.54. The molecule has 2 aliphatic rings. The highest BCUT2D eigenvalue weighted by molar-refractivity contribution is 7.10. The van der Waals surface area contributed by atoms with Crippen LogP contribution in [0.1, 0.15) is 59.5 Å². The van der Waals surface area contributed by atoms with Gasteiger partial charge < -0.3 is 15.0 Å². The zero-order valence-corrected chi connectivity index (χ0v) is 14.3. The minimum atomic E-state index is -0.237. The molecule has 2 N–H and O–H groups in total. The average molecular weight is 346 g/mol. The molecular weight excluding hydrogens is 324 g/mol. The predicted octanol–water partition coefficient (Wildman–Crippen LogP) is 2.31. The summed E-state index contributed by atoms with van der Waals surface area (Å²) >= 11 is 1.64. The van der Waals surface area contributed by atoms with Crippen LogP contribution in [0, 0.1) is 5.92 Å². The van der Waals surface area contributed by atoms with Crippen molar-refractivity contribution in [2.45, 2.75) is 57.2 Å². The van der Waals surface area contributed by atoms with Crippen molar-refractivity contribution in [3.63, 3.8) is 0 Å². The lowest BCUT2D eigenvalue weighted by molar-refractivity contribution is 0.0239. The number of carbonyl (C=O) groups is 1. The number of thiophene rings is 1. The molecule has 2 aromatic rings. The highest BCUT2D eigenvalue weighted by atomic mass is 32.1. The van der Waals surface area contributed by atoms with Crippen molar-refractivity contribution in [3.8, 4) is 0 Å². The molecule has 1 amide bonds. The molecule has 1 aliphatic heterocycles. The number of amides is 1. The first-order valence-corrected chi connectivity index (χ1v) is 9.55. The predicted molar refractivity (Wildman–Crippen MR) is 90.8 cm³/mol. The first-order chi connectivity index (χ1) is 11.7. The maximum Gasteiger partial charge on any atom is 0.289 e. The zero-order chi connectivity index (χ0) is 16.5. The van der Waals surface area contributed by atoms with E-state index in [1.165, 1.54) is 6.42 Å². The second-order valence-electron chi connectivity index (χ2n) is 6.75. The number of carbonyl (C=O) groups excluding carboxylic acids is 1. The van der Waals surface area contributed by atoms with E-state index >= 15 is 0 Å². The highest BCUT2D eigenvalue weighted by Crippen LogP contribution is 2.39. The number of aliphatic hydroxyl groups excluding tert-OH is 1. The molecule has 1 saturated carbocycles. The molecule has 2 aromatic heterocycles. The van der Waals surface area contributed by atoms with E-state index in [2.05, 4.69) is 15.5 Å². The minimum Gasteiger partial charge on any atom is -0.393 e. The monoisotopic (exact) mass is 346 g/mol. The van der Waals surface area contributed by atoms with Gasteiger partial charge >= 0.3 is 0 Å². The van der Waals surface area contributed by atoms with Crippen LogP contribution in [-0.2, 0) is 13.0 Å². The maximum atomic E-state index is 12.8. The quantitative estimate of drug-likeness (QED) is 0.890. The fraction of sp³-hybridized carbons (Fsp3) is 0.588. The van der Waals surface area contributed by atoms with E-state index in [0.717, 1.165) is 49.4 Å². The van der Waals surface area contributed by atoms with Crippen LogP contribution in [0.3, 0.4) is 0 Å². The third kappa shape index (κ3) is 2.98. The average Bonchev–Trinajstić information content (AvgIpc) is 3.15. The lowest BCUT2D eigenvalue weighted by Gasteiger charge is -2.37. The van der Waals surface area contributed by atoms with Gasteiger partial charge in [-0.2, -0.15) is 0 Å². The van der Waals surface area contributed by atoms with Crippen molar-refractivity contribution in [2.75, 3.05) is 0 Å². The number of hydrogen-bond acceptors (Lipinski definition) is 5. The Hall–Kier alpha value is -1.73. The van der Waals surface area contributed by atoms with Crippen molar-refractivity contribution in [1.82, 2.24) is 20.1 Å². The Morgan fingerprint density at radius 3 is 2.96 bits per heavy atom. The summed E-state index contributed by atoms with van der Waals surface area (Å²) in [6, 6.07) is 3.99. The van der Waals surface area contributed by atoms with Gasteiger partial charge in [-0.1, -0.05) is 12.5 Å². The van der Waals surface area contributed by atoms with Crippen LogP contribution in [0.5, 0.6) is 0 Å². The molecule has 4 rings (SSSR count). The van der Waals surface area contributed by atoms with E-state index in [9.17, 15) is 9.90 Å². The fourth-order valence-corrected chi connectivity index (χ4v) is 4.52. The largest absolute Gasteiger partial charge is 0.393 e. The van der Waals surface area contributed by atoms with E-state index in [4.69, 9.17) is 0 Å². The van der Waals surface area contributed by atoms with Gasteiger partial charge in [0.1, 0.15) is 5.82 Å². The van der Waals surface area contributed by atoms with Crippen molar-refractivity contribution < 1.29 is 9.90 Å². The van der Waals surface area contributed by atoms with Gasteiger partial charge in [0.2, 0.25) is 5.82 Å². The summed E-state index contributed by atoms with van der Waals surface area (Å²) < 4.78 is 1.98. The molecule has 0 aromatic carbocycles. The summed E-state index contributed by atoms with van der Waals surface area (Å²) in [5.74, 6) is 1.47. The second kappa shape index (κ2) is 6.64. The van der Waals surface area contributed by atoms with E-state index in [1.807, 2.05) is 22.1 Å². The molecule has 7 heteroatoms. The van der Waals surface area contributed by atoms with E-state index in [1.54, 1.807) is 11.3 Å². The number of nitrogens with zero attached hydrogens (tertiary/aromatic N) is 3. The fourth-order valence-electron chi connectivity index (χ4n) is 3.65. The molecule has 128 valence electrons.